The van der Waals surface area contributed by atoms with Crippen LogP contribution in [0.15, 0.2) is 47.5 Å². The number of carbonyl (C=O) groups excluding carboxylic acids is 1. The van der Waals surface area contributed by atoms with E-state index in [4.69, 9.17) is 23.2 Å². The minimum absolute atomic E-state index is 0.255. The molecule has 3 nitrogen and oxygen atoms in total. The van der Waals surface area contributed by atoms with Crippen LogP contribution in [-0.4, -0.2) is 15.8 Å². The third kappa shape index (κ3) is 4.59. The Labute approximate surface area is 168 Å². The van der Waals surface area contributed by atoms with Crippen molar-refractivity contribution in [3.05, 3.63) is 63.6 Å². The van der Waals surface area contributed by atoms with Crippen LogP contribution >= 0.6 is 35.0 Å². The zero-order valence-electron chi connectivity index (χ0n) is 13.9. The number of aliphatic imine (C=N–C) groups is 1. The molecule has 0 fully saturated rings. The van der Waals surface area contributed by atoms with Crippen LogP contribution in [-0.2, 0) is 17.4 Å². The molecule has 9 heteroatoms. The molecule has 2 aromatic carbocycles. The van der Waals surface area contributed by atoms with Crippen molar-refractivity contribution in [3.8, 4) is 0 Å². The number of thioether (sulfide) groups is 1. The Bertz CT molecular complexity index is 916. The van der Waals surface area contributed by atoms with Crippen LogP contribution < -0.4 is 5.32 Å². The van der Waals surface area contributed by atoms with Crippen LogP contribution in [0.1, 0.15) is 18.1 Å². The van der Waals surface area contributed by atoms with Crippen LogP contribution in [0.25, 0.3) is 0 Å². The molecule has 1 aliphatic rings. The Kier molecular flexibility index (Phi) is 5.47. The normalized spacial score (nSPS) is 19.9. The van der Waals surface area contributed by atoms with Gasteiger partial charge in [-0.05, 0) is 49.2 Å². The fourth-order valence-electron chi connectivity index (χ4n) is 2.55. The Morgan fingerprint density at radius 3 is 2.37 bits per heavy atom. The van der Waals surface area contributed by atoms with E-state index < -0.39 is 16.5 Å². The molecule has 1 atom stereocenters. The SMILES string of the molecule is CC1(Cc2ccc(C(F)(F)F)cc2)SC(Nc2ccc(Cl)c(Cl)c2)=NC1=O. The molecular weight excluding hydrogens is 420 g/mol. The summed E-state index contributed by atoms with van der Waals surface area (Å²) < 4.78 is 37.1. The second-order valence-corrected chi connectivity index (χ2v) is 8.49. The molecule has 0 spiro atoms. The Morgan fingerprint density at radius 1 is 1.11 bits per heavy atom. The number of nitrogens with zero attached hydrogens (tertiary/aromatic N) is 1. The van der Waals surface area contributed by atoms with E-state index in [1.54, 1.807) is 25.1 Å². The van der Waals surface area contributed by atoms with E-state index in [-0.39, 0.29) is 12.3 Å². The highest BCUT2D eigenvalue weighted by Gasteiger charge is 2.41. The van der Waals surface area contributed by atoms with Crippen LogP contribution in [0.2, 0.25) is 10.0 Å². The first-order valence-electron chi connectivity index (χ1n) is 7.77. The molecule has 0 aliphatic carbocycles. The first-order chi connectivity index (χ1) is 12.6. The van der Waals surface area contributed by atoms with E-state index in [9.17, 15) is 18.0 Å². The molecule has 1 heterocycles. The summed E-state index contributed by atoms with van der Waals surface area (Å²) in [4.78, 5) is 16.4. The predicted octanol–water partition coefficient (Wildman–Crippen LogP) is 6.05. The molecule has 27 heavy (non-hydrogen) atoms. The highest BCUT2D eigenvalue weighted by atomic mass is 35.5. The molecule has 0 bridgehead atoms. The van der Waals surface area contributed by atoms with Crippen molar-refractivity contribution < 1.29 is 18.0 Å². The average Bonchev–Trinajstić information content (AvgIpc) is 2.84. The van der Waals surface area contributed by atoms with E-state index in [2.05, 4.69) is 10.3 Å². The number of amidine groups is 1. The summed E-state index contributed by atoms with van der Waals surface area (Å²) in [5, 5.41) is 4.18. The molecule has 1 aliphatic heterocycles. The number of nitrogens with one attached hydrogen (secondary N) is 1. The topological polar surface area (TPSA) is 41.5 Å². The molecule has 1 N–H and O–H groups in total. The molecule has 0 saturated heterocycles. The highest BCUT2D eigenvalue weighted by Crippen LogP contribution is 2.38. The first-order valence-corrected chi connectivity index (χ1v) is 9.34. The minimum atomic E-state index is -4.39. The summed E-state index contributed by atoms with van der Waals surface area (Å²) in [6, 6.07) is 9.72. The van der Waals surface area contributed by atoms with Gasteiger partial charge in [-0.25, -0.2) is 0 Å². The second-order valence-electron chi connectivity index (χ2n) is 6.18. The van der Waals surface area contributed by atoms with Gasteiger partial charge in [0.2, 0.25) is 0 Å². The largest absolute Gasteiger partial charge is 0.416 e. The molecule has 142 valence electrons. The number of anilines is 1. The lowest BCUT2D eigenvalue weighted by Crippen LogP contribution is -2.30. The van der Waals surface area contributed by atoms with Crippen molar-refractivity contribution in [2.45, 2.75) is 24.3 Å². The van der Waals surface area contributed by atoms with E-state index in [1.165, 1.54) is 23.9 Å². The molecule has 3 rings (SSSR count). The molecular formula is C18H13Cl2F3N2OS. The maximum absolute atomic E-state index is 12.7. The maximum Gasteiger partial charge on any atom is 0.416 e. The van der Waals surface area contributed by atoms with Gasteiger partial charge in [0.05, 0.1) is 15.6 Å². The van der Waals surface area contributed by atoms with Gasteiger partial charge in [0.1, 0.15) is 4.75 Å². The standard InChI is InChI=1S/C18H13Cl2F3N2OS/c1-17(9-10-2-4-11(5-3-10)18(21,22)23)15(26)25-16(27-17)24-12-6-7-13(19)14(20)8-12/h2-8H,9H2,1H3,(H,24,25,26). The van der Waals surface area contributed by atoms with Gasteiger partial charge in [-0.3, -0.25) is 4.79 Å². The molecule has 0 saturated carbocycles. The number of halogens is 5. The molecule has 0 aromatic heterocycles. The summed E-state index contributed by atoms with van der Waals surface area (Å²) in [5.74, 6) is -0.352. The third-order valence-corrected chi connectivity index (χ3v) is 5.87. The fraction of sp³-hybridized carbons (Fsp3) is 0.222. The third-order valence-electron chi connectivity index (χ3n) is 3.97. The maximum atomic E-state index is 12.7. The number of hydrogen-bond acceptors (Lipinski definition) is 3. The molecule has 0 radical (unpaired) electrons. The van der Waals surface area contributed by atoms with Crippen LogP contribution in [0.3, 0.4) is 0 Å². The number of hydrogen-bond donors (Lipinski definition) is 1. The van der Waals surface area contributed by atoms with Crippen molar-refractivity contribution in [2.75, 3.05) is 5.32 Å². The van der Waals surface area contributed by atoms with E-state index in [0.29, 0.717) is 26.5 Å². The van der Waals surface area contributed by atoms with E-state index in [0.717, 1.165) is 12.1 Å². The van der Waals surface area contributed by atoms with Crippen LogP contribution in [0.5, 0.6) is 0 Å². The summed E-state index contributed by atoms with van der Waals surface area (Å²) in [5.41, 5.74) is 0.527. The van der Waals surface area contributed by atoms with Gasteiger partial charge < -0.3 is 5.32 Å². The average molecular weight is 433 g/mol. The lowest BCUT2D eigenvalue weighted by molar-refractivity contribution is -0.137. The second kappa shape index (κ2) is 7.37. The Balaban J connectivity index is 1.70. The monoisotopic (exact) mass is 432 g/mol. The van der Waals surface area contributed by atoms with Gasteiger partial charge in [0, 0.05) is 5.69 Å². The predicted molar refractivity (Wildman–Crippen MR) is 104 cm³/mol. The van der Waals surface area contributed by atoms with Crippen LogP contribution in [0, 0.1) is 0 Å². The number of benzene rings is 2. The van der Waals surface area contributed by atoms with Gasteiger partial charge in [-0.15, -0.1) is 0 Å². The Morgan fingerprint density at radius 2 is 1.78 bits per heavy atom. The summed E-state index contributed by atoms with van der Waals surface area (Å²) >= 11 is 13.1. The zero-order chi connectivity index (χ0) is 19.8. The molecule has 1 unspecified atom stereocenters. The number of alkyl halides is 3. The minimum Gasteiger partial charge on any atom is -0.335 e. The highest BCUT2D eigenvalue weighted by molar-refractivity contribution is 8.16. The summed E-state index contributed by atoms with van der Waals surface area (Å²) in [6.07, 6.45) is -4.13. The van der Waals surface area contributed by atoms with Crippen LogP contribution in [0.4, 0.5) is 18.9 Å². The molecule has 1 amide bonds. The lowest BCUT2D eigenvalue weighted by Gasteiger charge is -2.20. The first kappa shape index (κ1) is 20.0. The summed E-state index contributed by atoms with van der Waals surface area (Å²) in [7, 11) is 0. The van der Waals surface area contributed by atoms with E-state index >= 15 is 0 Å². The van der Waals surface area contributed by atoms with E-state index in [1.807, 2.05) is 0 Å². The van der Waals surface area contributed by atoms with Crippen molar-refractivity contribution in [2.24, 2.45) is 4.99 Å². The van der Waals surface area contributed by atoms with Crippen molar-refractivity contribution in [1.82, 2.24) is 0 Å². The van der Waals surface area contributed by atoms with Gasteiger partial charge in [0.25, 0.3) is 5.91 Å². The summed E-state index contributed by atoms with van der Waals surface area (Å²) in [6.45, 7) is 1.71. The molecule has 2 aromatic rings. The smallest absolute Gasteiger partial charge is 0.335 e. The van der Waals surface area contributed by atoms with Crippen molar-refractivity contribution >= 4 is 51.7 Å². The van der Waals surface area contributed by atoms with Crippen molar-refractivity contribution in [1.29, 1.82) is 0 Å². The quantitative estimate of drug-likeness (QED) is 0.641. The van der Waals surface area contributed by atoms with Gasteiger partial charge in [-0.2, -0.15) is 18.2 Å². The number of rotatable bonds is 3. The van der Waals surface area contributed by atoms with Gasteiger partial charge >= 0.3 is 6.18 Å². The lowest BCUT2D eigenvalue weighted by atomic mass is 9.98. The Hall–Kier alpha value is -1.70. The number of amides is 1. The van der Waals surface area contributed by atoms with Gasteiger partial charge in [-0.1, -0.05) is 47.1 Å². The zero-order valence-corrected chi connectivity index (χ0v) is 16.2. The van der Waals surface area contributed by atoms with Crippen molar-refractivity contribution in [3.63, 3.8) is 0 Å². The number of carbonyl (C=O) groups is 1. The van der Waals surface area contributed by atoms with Gasteiger partial charge in [0.15, 0.2) is 5.17 Å². The fourth-order valence-corrected chi connectivity index (χ4v) is 3.95.